The van der Waals surface area contributed by atoms with Gasteiger partial charge in [0, 0.05) is 24.9 Å². The van der Waals surface area contributed by atoms with Crippen molar-refractivity contribution in [3.63, 3.8) is 0 Å². The van der Waals surface area contributed by atoms with E-state index in [0.29, 0.717) is 11.0 Å². The zero-order chi connectivity index (χ0) is 12.3. The molecule has 0 aliphatic carbocycles. The van der Waals surface area contributed by atoms with Gasteiger partial charge < -0.3 is 9.64 Å². The van der Waals surface area contributed by atoms with Gasteiger partial charge in [-0.3, -0.25) is 4.79 Å². The molecule has 1 aliphatic rings. The molecule has 1 heterocycles. The first-order valence-electron chi connectivity index (χ1n) is 5.72. The number of ether oxygens (including phenoxy) is 1. The molecule has 0 saturated carbocycles. The molecule has 1 amide bonds. The van der Waals surface area contributed by atoms with Gasteiger partial charge in [0.05, 0.1) is 12.4 Å². The molecular weight excluding hydrogens is 234 g/mol. The zero-order valence-electron chi connectivity index (χ0n) is 10.2. The van der Waals surface area contributed by atoms with Crippen LogP contribution in [0.5, 0.6) is 5.75 Å². The van der Waals surface area contributed by atoms with Crippen molar-refractivity contribution in [3.05, 3.63) is 29.8 Å². The Bertz CT molecular complexity index is 406. The number of fused-ring (bicyclic) bond motifs is 1. The Kier molecular flexibility index (Phi) is 3.94. The molecule has 1 aromatic carbocycles. The number of hydrogen-bond acceptors (Lipinski definition) is 3. The van der Waals surface area contributed by atoms with Gasteiger partial charge >= 0.3 is 0 Å². The maximum Gasteiger partial charge on any atom is 0.232 e. The first kappa shape index (κ1) is 12.3. The summed E-state index contributed by atoms with van der Waals surface area (Å²) in [5.74, 6) is 1.67. The number of para-hydroxylation sites is 1. The molecule has 0 unspecified atom stereocenters. The van der Waals surface area contributed by atoms with E-state index < -0.39 is 0 Å². The molecule has 92 valence electrons. The molecule has 4 heteroatoms. The normalized spacial score (nSPS) is 18.1. The Morgan fingerprint density at radius 2 is 2.24 bits per heavy atom. The molecule has 3 nitrogen and oxygen atoms in total. The summed E-state index contributed by atoms with van der Waals surface area (Å²) in [5, 5.41) is 0.379. The van der Waals surface area contributed by atoms with E-state index in [1.807, 2.05) is 18.2 Å². The van der Waals surface area contributed by atoms with E-state index in [-0.39, 0.29) is 5.91 Å². The van der Waals surface area contributed by atoms with Crippen molar-refractivity contribution < 1.29 is 9.53 Å². The second-order valence-corrected chi connectivity index (χ2v) is 5.45. The lowest BCUT2D eigenvalue weighted by Gasteiger charge is -2.25. The fraction of sp³-hybridized carbons (Fsp3) is 0.462. The summed E-state index contributed by atoms with van der Waals surface area (Å²) >= 11 is 1.71. The number of nitrogens with zero attached hydrogens (tertiary/aromatic N) is 1. The molecule has 17 heavy (non-hydrogen) atoms. The van der Waals surface area contributed by atoms with Crippen LogP contribution < -0.4 is 4.74 Å². The minimum absolute atomic E-state index is 0.166. The van der Waals surface area contributed by atoms with Crippen molar-refractivity contribution in [1.82, 2.24) is 4.90 Å². The number of amides is 1. The lowest BCUT2D eigenvalue weighted by atomic mass is 10.1. The first-order chi connectivity index (χ1) is 8.18. The van der Waals surface area contributed by atoms with Crippen molar-refractivity contribution in [2.24, 2.45) is 0 Å². The average Bonchev–Trinajstić information content (AvgIpc) is 2.35. The second kappa shape index (κ2) is 5.45. The largest absolute Gasteiger partial charge is 0.493 e. The van der Waals surface area contributed by atoms with Crippen LogP contribution >= 0.6 is 11.8 Å². The van der Waals surface area contributed by atoms with Crippen LogP contribution in [-0.2, 0) is 4.79 Å². The fourth-order valence-electron chi connectivity index (χ4n) is 1.78. The van der Waals surface area contributed by atoms with Gasteiger partial charge in [0.2, 0.25) is 5.91 Å². The van der Waals surface area contributed by atoms with E-state index in [1.54, 1.807) is 30.8 Å². The summed E-state index contributed by atoms with van der Waals surface area (Å²) in [6.07, 6.45) is 0.975. The van der Waals surface area contributed by atoms with Crippen LogP contribution in [0.25, 0.3) is 0 Å². The zero-order valence-corrected chi connectivity index (χ0v) is 11.0. The van der Waals surface area contributed by atoms with Gasteiger partial charge in [-0.1, -0.05) is 18.2 Å². The summed E-state index contributed by atoms with van der Waals surface area (Å²) in [5.41, 5.74) is 1.22. The van der Waals surface area contributed by atoms with Gasteiger partial charge in [-0.25, -0.2) is 0 Å². The van der Waals surface area contributed by atoms with Crippen LogP contribution in [0.3, 0.4) is 0 Å². The standard InChI is InChI=1S/C13H17NO2S/c1-14(2)13(15)9-17-12-7-8-16-11-6-4-3-5-10(11)12/h3-6,12H,7-9H2,1-2H3/t12-/m1/s1. The van der Waals surface area contributed by atoms with Crippen molar-refractivity contribution >= 4 is 17.7 Å². The second-order valence-electron chi connectivity index (χ2n) is 4.26. The third kappa shape index (κ3) is 2.94. The molecule has 2 rings (SSSR count). The van der Waals surface area contributed by atoms with Gasteiger partial charge in [0.15, 0.2) is 0 Å². The third-order valence-corrected chi connectivity index (χ3v) is 4.12. The highest BCUT2D eigenvalue weighted by atomic mass is 32.2. The summed E-state index contributed by atoms with van der Waals surface area (Å²) < 4.78 is 5.60. The molecule has 0 bridgehead atoms. The van der Waals surface area contributed by atoms with Gasteiger partial charge in [0.1, 0.15) is 5.75 Å². The van der Waals surface area contributed by atoms with Crippen molar-refractivity contribution in [2.75, 3.05) is 26.5 Å². The van der Waals surface area contributed by atoms with Crippen molar-refractivity contribution in [1.29, 1.82) is 0 Å². The highest BCUT2D eigenvalue weighted by Crippen LogP contribution is 2.40. The van der Waals surface area contributed by atoms with E-state index in [1.165, 1.54) is 5.56 Å². The molecule has 0 saturated heterocycles. The molecule has 1 aromatic rings. The van der Waals surface area contributed by atoms with Crippen LogP contribution in [-0.4, -0.2) is 37.3 Å². The number of carbonyl (C=O) groups is 1. The predicted molar refractivity (Wildman–Crippen MR) is 70.4 cm³/mol. The number of thioether (sulfide) groups is 1. The first-order valence-corrected chi connectivity index (χ1v) is 6.77. The Labute approximate surface area is 106 Å². The van der Waals surface area contributed by atoms with Gasteiger partial charge in [-0.05, 0) is 12.5 Å². The molecule has 0 N–H and O–H groups in total. The van der Waals surface area contributed by atoms with Gasteiger partial charge in [-0.2, -0.15) is 0 Å². The monoisotopic (exact) mass is 251 g/mol. The quantitative estimate of drug-likeness (QED) is 0.825. The Morgan fingerprint density at radius 3 is 3.00 bits per heavy atom. The number of carbonyl (C=O) groups excluding carboxylic acids is 1. The van der Waals surface area contributed by atoms with E-state index >= 15 is 0 Å². The highest BCUT2D eigenvalue weighted by Gasteiger charge is 2.22. The lowest BCUT2D eigenvalue weighted by molar-refractivity contribution is -0.125. The topological polar surface area (TPSA) is 29.5 Å². The molecule has 1 atom stereocenters. The molecule has 0 radical (unpaired) electrons. The predicted octanol–water partition coefficient (Wildman–Crippen LogP) is 2.33. The summed E-state index contributed by atoms with van der Waals surface area (Å²) in [6.45, 7) is 0.741. The summed E-state index contributed by atoms with van der Waals surface area (Å²) in [7, 11) is 3.58. The lowest BCUT2D eigenvalue weighted by Crippen LogP contribution is -2.24. The average molecular weight is 251 g/mol. The smallest absolute Gasteiger partial charge is 0.232 e. The number of rotatable bonds is 3. The Morgan fingerprint density at radius 1 is 1.47 bits per heavy atom. The molecule has 1 aliphatic heterocycles. The molecule has 0 spiro atoms. The molecular formula is C13H17NO2S. The number of benzene rings is 1. The van der Waals surface area contributed by atoms with Crippen LogP contribution in [0, 0.1) is 0 Å². The van der Waals surface area contributed by atoms with Gasteiger partial charge in [-0.15, -0.1) is 11.8 Å². The minimum atomic E-state index is 0.166. The summed E-state index contributed by atoms with van der Waals surface area (Å²) in [4.78, 5) is 13.2. The van der Waals surface area contributed by atoms with Crippen LogP contribution in [0.2, 0.25) is 0 Å². The van der Waals surface area contributed by atoms with E-state index in [0.717, 1.165) is 18.8 Å². The van der Waals surface area contributed by atoms with Gasteiger partial charge in [0.25, 0.3) is 0 Å². The number of hydrogen-bond donors (Lipinski definition) is 0. The van der Waals surface area contributed by atoms with Crippen molar-refractivity contribution in [2.45, 2.75) is 11.7 Å². The van der Waals surface area contributed by atoms with Crippen molar-refractivity contribution in [3.8, 4) is 5.75 Å². The molecule has 0 aromatic heterocycles. The van der Waals surface area contributed by atoms with Crippen LogP contribution in [0.4, 0.5) is 0 Å². The fourth-order valence-corrected chi connectivity index (χ4v) is 3.02. The highest BCUT2D eigenvalue weighted by molar-refractivity contribution is 8.00. The summed E-state index contributed by atoms with van der Waals surface area (Å²) in [6, 6.07) is 8.09. The third-order valence-electron chi connectivity index (χ3n) is 2.81. The SMILES string of the molecule is CN(C)C(=O)CS[C@@H]1CCOc2ccccc21. The molecule has 0 fully saturated rings. The van der Waals surface area contributed by atoms with E-state index in [9.17, 15) is 4.79 Å². The Hall–Kier alpha value is -1.16. The van der Waals surface area contributed by atoms with E-state index in [4.69, 9.17) is 4.74 Å². The van der Waals surface area contributed by atoms with E-state index in [2.05, 4.69) is 6.07 Å². The minimum Gasteiger partial charge on any atom is -0.493 e. The van der Waals surface area contributed by atoms with Crippen LogP contribution in [0.15, 0.2) is 24.3 Å². The Balaban J connectivity index is 2.01. The maximum absolute atomic E-state index is 11.6. The maximum atomic E-state index is 11.6. The van der Waals surface area contributed by atoms with Crippen LogP contribution in [0.1, 0.15) is 17.2 Å².